The maximum Gasteiger partial charge on any atom is 0.419 e. The van der Waals surface area contributed by atoms with Crippen molar-refractivity contribution in [2.75, 3.05) is 6.61 Å². The zero-order chi connectivity index (χ0) is 19.6. The minimum Gasteiger partial charge on any atom is -0.493 e. The molecule has 4 nitrogen and oxygen atoms in total. The number of benzene rings is 1. The highest BCUT2D eigenvalue weighted by Gasteiger charge is 2.35. The fourth-order valence-electron chi connectivity index (χ4n) is 3.19. The largest absolute Gasteiger partial charge is 0.493 e. The van der Waals surface area contributed by atoms with Crippen molar-refractivity contribution >= 4 is 5.65 Å². The van der Waals surface area contributed by atoms with Gasteiger partial charge in [0.05, 0.1) is 24.1 Å². The first kappa shape index (κ1) is 19.2. The number of alkyl halides is 3. The lowest BCUT2D eigenvalue weighted by Gasteiger charge is -2.19. The Morgan fingerprint density at radius 1 is 1.07 bits per heavy atom. The molecular weight excluding hydrogens is 355 g/mol. The number of aromatic nitrogens is 3. The Hall–Kier alpha value is -2.57. The van der Waals surface area contributed by atoms with Crippen LogP contribution in [-0.2, 0) is 6.18 Å². The van der Waals surface area contributed by atoms with E-state index in [0.29, 0.717) is 22.8 Å². The number of fused-ring (bicyclic) bond motifs is 1. The molecule has 1 atom stereocenters. The highest BCUT2D eigenvalue weighted by molar-refractivity contribution is 5.65. The van der Waals surface area contributed by atoms with Gasteiger partial charge in [-0.1, -0.05) is 20.8 Å². The summed E-state index contributed by atoms with van der Waals surface area (Å²) in [5, 5.41) is 4.14. The molecule has 0 unspecified atom stereocenters. The molecule has 2 heterocycles. The molecule has 1 aromatic carbocycles. The second-order valence-corrected chi connectivity index (χ2v) is 7.19. The van der Waals surface area contributed by atoms with Crippen molar-refractivity contribution in [3.05, 3.63) is 48.3 Å². The summed E-state index contributed by atoms with van der Waals surface area (Å²) < 4.78 is 47.9. The van der Waals surface area contributed by atoms with Gasteiger partial charge in [0.25, 0.3) is 0 Å². The topological polar surface area (TPSA) is 39.4 Å². The van der Waals surface area contributed by atoms with Gasteiger partial charge < -0.3 is 4.74 Å². The van der Waals surface area contributed by atoms with Crippen LogP contribution in [0, 0.1) is 11.8 Å². The highest BCUT2D eigenvalue weighted by atomic mass is 19.4. The number of hydrogen-bond acceptors (Lipinski definition) is 3. The molecular formula is C20H22F3N3O. The van der Waals surface area contributed by atoms with Crippen LogP contribution in [0.2, 0.25) is 0 Å². The van der Waals surface area contributed by atoms with E-state index in [0.717, 1.165) is 12.5 Å². The molecule has 144 valence electrons. The van der Waals surface area contributed by atoms with E-state index in [9.17, 15) is 13.2 Å². The summed E-state index contributed by atoms with van der Waals surface area (Å²) in [6.45, 7) is 6.39. The number of halogens is 3. The van der Waals surface area contributed by atoms with Crippen LogP contribution in [0.25, 0.3) is 16.9 Å². The van der Waals surface area contributed by atoms with Gasteiger partial charge in [0.15, 0.2) is 5.65 Å². The van der Waals surface area contributed by atoms with Gasteiger partial charge in [0.1, 0.15) is 5.75 Å². The van der Waals surface area contributed by atoms with E-state index in [2.05, 4.69) is 23.9 Å². The summed E-state index contributed by atoms with van der Waals surface area (Å²) >= 11 is 0. The lowest BCUT2D eigenvalue weighted by Crippen LogP contribution is -2.14. The summed E-state index contributed by atoms with van der Waals surface area (Å²) in [7, 11) is 0. The Balaban J connectivity index is 1.94. The van der Waals surface area contributed by atoms with Crippen LogP contribution in [0.15, 0.2) is 42.7 Å². The summed E-state index contributed by atoms with van der Waals surface area (Å²) in [4.78, 5) is 4.14. The molecule has 0 saturated carbocycles. The highest BCUT2D eigenvalue weighted by Crippen LogP contribution is 2.39. The molecule has 0 spiro atoms. The van der Waals surface area contributed by atoms with Crippen molar-refractivity contribution in [3.63, 3.8) is 0 Å². The normalized spacial score (nSPS) is 13.3. The number of nitrogens with zero attached hydrogens (tertiary/aromatic N) is 3. The molecule has 0 N–H and O–H groups in total. The number of hydrogen-bond donors (Lipinski definition) is 0. The SMILES string of the molecule is CC(C)C[C@H](C)COc1ccc(-c2ccnc3ccnn23)cc1C(F)(F)F. The average Bonchev–Trinajstić information content (AvgIpc) is 3.07. The number of rotatable bonds is 6. The first-order valence-corrected chi connectivity index (χ1v) is 8.89. The van der Waals surface area contributed by atoms with Crippen LogP contribution in [-0.4, -0.2) is 21.2 Å². The lowest BCUT2D eigenvalue weighted by molar-refractivity contribution is -0.139. The van der Waals surface area contributed by atoms with Gasteiger partial charge >= 0.3 is 6.18 Å². The Bertz CT molecular complexity index is 918. The fourth-order valence-corrected chi connectivity index (χ4v) is 3.19. The van der Waals surface area contributed by atoms with E-state index in [-0.39, 0.29) is 18.3 Å². The van der Waals surface area contributed by atoms with E-state index in [1.165, 1.54) is 10.6 Å². The summed E-state index contributed by atoms with van der Waals surface area (Å²) in [6, 6.07) is 7.45. The van der Waals surface area contributed by atoms with Crippen molar-refractivity contribution in [2.45, 2.75) is 33.4 Å². The molecule has 0 radical (unpaired) electrons. The maximum atomic E-state index is 13.6. The minimum atomic E-state index is -4.51. The third-order valence-corrected chi connectivity index (χ3v) is 4.27. The smallest absolute Gasteiger partial charge is 0.419 e. The van der Waals surface area contributed by atoms with E-state index >= 15 is 0 Å². The van der Waals surface area contributed by atoms with Gasteiger partial charge in [-0.05, 0) is 42.5 Å². The van der Waals surface area contributed by atoms with Gasteiger partial charge in [-0.25, -0.2) is 9.50 Å². The Morgan fingerprint density at radius 3 is 2.56 bits per heavy atom. The van der Waals surface area contributed by atoms with Gasteiger partial charge in [-0.2, -0.15) is 18.3 Å². The maximum absolute atomic E-state index is 13.6. The van der Waals surface area contributed by atoms with Gasteiger partial charge in [-0.15, -0.1) is 0 Å². The third-order valence-electron chi connectivity index (χ3n) is 4.27. The van der Waals surface area contributed by atoms with Crippen molar-refractivity contribution in [2.24, 2.45) is 11.8 Å². The first-order chi connectivity index (χ1) is 12.8. The third kappa shape index (κ3) is 4.40. The molecule has 0 fully saturated rings. The predicted octanol–water partition coefficient (Wildman–Crippen LogP) is 5.48. The molecule has 0 aliphatic carbocycles. The van der Waals surface area contributed by atoms with Gasteiger partial charge in [-0.3, -0.25) is 0 Å². The zero-order valence-corrected chi connectivity index (χ0v) is 15.5. The molecule has 0 aliphatic heterocycles. The standard InChI is InChI=1S/C20H22F3N3O/c1-13(2)10-14(3)12-27-18-5-4-15(11-16(18)20(21,22)23)17-6-8-24-19-7-9-25-26(17)19/h4-9,11,13-14H,10,12H2,1-3H3/t14-/m0/s1. The van der Waals surface area contributed by atoms with E-state index in [1.54, 1.807) is 30.6 Å². The molecule has 7 heteroatoms. The van der Waals surface area contributed by atoms with Crippen molar-refractivity contribution in [1.29, 1.82) is 0 Å². The average molecular weight is 377 g/mol. The summed E-state index contributed by atoms with van der Waals surface area (Å²) in [5.74, 6) is 0.499. The van der Waals surface area contributed by atoms with E-state index in [1.807, 2.05) is 6.92 Å². The van der Waals surface area contributed by atoms with Crippen molar-refractivity contribution in [1.82, 2.24) is 14.6 Å². The van der Waals surface area contributed by atoms with Crippen LogP contribution in [0.4, 0.5) is 13.2 Å². The van der Waals surface area contributed by atoms with Gasteiger partial charge in [0.2, 0.25) is 0 Å². The Kier molecular flexibility index (Phi) is 5.39. The molecule has 3 rings (SSSR count). The second-order valence-electron chi connectivity index (χ2n) is 7.19. The van der Waals surface area contributed by atoms with Gasteiger partial charge in [0, 0.05) is 17.8 Å². The minimum absolute atomic E-state index is 0.146. The molecule has 0 amide bonds. The van der Waals surface area contributed by atoms with E-state index < -0.39 is 11.7 Å². The van der Waals surface area contributed by atoms with Crippen LogP contribution < -0.4 is 4.74 Å². The lowest BCUT2D eigenvalue weighted by atomic mass is 10.00. The van der Waals surface area contributed by atoms with Crippen LogP contribution >= 0.6 is 0 Å². The Morgan fingerprint density at radius 2 is 1.85 bits per heavy atom. The monoisotopic (exact) mass is 377 g/mol. The second kappa shape index (κ2) is 7.58. The first-order valence-electron chi connectivity index (χ1n) is 8.89. The molecule has 0 saturated heterocycles. The van der Waals surface area contributed by atoms with Crippen LogP contribution in [0.1, 0.15) is 32.8 Å². The number of ether oxygens (including phenoxy) is 1. The molecule has 0 aliphatic rings. The summed E-state index contributed by atoms with van der Waals surface area (Å²) in [6.07, 6.45) is -0.502. The van der Waals surface area contributed by atoms with Crippen LogP contribution in [0.5, 0.6) is 5.75 Å². The molecule has 27 heavy (non-hydrogen) atoms. The van der Waals surface area contributed by atoms with E-state index in [4.69, 9.17) is 4.74 Å². The van der Waals surface area contributed by atoms with Crippen molar-refractivity contribution < 1.29 is 17.9 Å². The zero-order valence-electron chi connectivity index (χ0n) is 15.5. The molecule has 2 aromatic heterocycles. The quantitative estimate of drug-likeness (QED) is 0.571. The predicted molar refractivity (Wildman–Crippen MR) is 97.5 cm³/mol. The van der Waals surface area contributed by atoms with Crippen LogP contribution in [0.3, 0.4) is 0 Å². The molecule has 0 bridgehead atoms. The fraction of sp³-hybridized carbons (Fsp3) is 0.400. The van der Waals surface area contributed by atoms with Crippen molar-refractivity contribution in [3.8, 4) is 17.0 Å². The molecule has 3 aromatic rings. The summed E-state index contributed by atoms with van der Waals surface area (Å²) in [5.41, 5.74) is 0.731. The Labute approximate surface area is 156 Å².